The Morgan fingerprint density at radius 1 is 0.459 bits per heavy atom. The molecule has 1 aromatic rings. The summed E-state index contributed by atoms with van der Waals surface area (Å²) in [6.45, 7) is 9.38. The molecule has 0 aliphatic heterocycles. The molecule has 2 heteroatoms. The average molecular weight is 518 g/mol. The van der Waals surface area contributed by atoms with E-state index in [9.17, 15) is 0 Å². The van der Waals surface area contributed by atoms with E-state index < -0.39 is 0 Å². The minimum absolute atomic E-state index is 1.22. The van der Waals surface area contributed by atoms with Gasteiger partial charge in [0.05, 0.1) is 13.1 Å². The highest BCUT2D eigenvalue weighted by atomic mass is 15.1. The van der Waals surface area contributed by atoms with Gasteiger partial charge in [-0.3, -0.25) is 0 Å². The van der Waals surface area contributed by atoms with Crippen LogP contribution in [0.1, 0.15) is 194 Å². The first-order valence-electron chi connectivity index (χ1n) is 17.4. The Balaban J connectivity index is 2.24. The maximum absolute atomic E-state index is 2.61. The standard InChI is InChI=1S/C35H69N2/c1-4-7-10-13-15-16-17-18-19-20-21-22-24-27-30-35-36(31-28-25-12-9-6-3)33-34-37(35)32-29-26-23-14-11-8-5-2/h33-34H,4-32H2,1-3H3/q+1. The zero-order valence-corrected chi connectivity index (χ0v) is 26.1. The van der Waals surface area contributed by atoms with Gasteiger partial charge in [-0.05, 0) is 32.1 Å². The quantitative estimate of drug-likeness (QED) is 0.0737. The van der Waals surface area contributed by atoms with E-state index in [2.05, 4.69) is 42.3 Å². The SMILES string of the molecule is CCCCCCCCCCCCCCCCc1n(CCCCCCCCC)cc[n+]1CCCCCCC. The van der Waals surface area contributed by atoms with Crippen LogP contribution in [-0.4, -0.2) is 4.57 Å². The van der Waals surface area contributed by atoms with Crippen molar-refractivity contribution in [2.24, 2.45) is 0 Å². The molecule has 1 aromatic heterocycles. The number of imidazole rings is 1. The van der Waals surface area contributed by atoms with E-state index in [1.807, 2.05) is 0 Å². The molecule has 0 bridgehead atoms. The summed E-state index contributed by atoms with van der Waals surface area (Å²) in [5, 5.41) is 0. The van der Waals surface area contributed by atoms with Crippen LogP contribution in [0.15, 0.2) is 12.4 Å². The Morgan fingerprint density at radius 3 is 1.30 bits per heavy atom. The maximum atomic E-state index is 2.61. The van der Waals surface area contributed by atoms with Crippen molar-refractivity contribution in [1.29, 1.82) is 0 Å². The third-order valence-corrected chi connectivity index (χ3v) is 8.35. The third-order valence-electron chi connectivity index (χ3n) is 8.35. The van der Waals surface area contributed by atoms with E-state index in [1.54, 1.807) is 5.82 Å². The van der Waals surface area contributed by atoms with Gasteiger partial charge < -0.3 is 0 Å². The van der Waals surface area contributed by atoms with Gasteiger partial charge in [0.2, 0.25) is 0 Å². The zero-order chi connectivity index (χ0) is 26.7. The highest BCUT2D eigenvalue weighted by Crippen LogP contribution is 2.15. The van der Waals surface area contributed by atoms with Crippen LogP contribution in [0.2, 0.25) is 0 Å². The summed E-state index contributed by atoms with van der Waals surface area (Å²) in [6, 6.07) is 0. The van der Waals surface area contributed by atoms with Crippen molar-refractivity contribution in [2.45, 2.75) is 207 Å². The molecule has 0 fully saturated rings. The summed E-state index contributed by atoms with van der Waals surface area (Å²) in [6.07, 6.45) is 43.0. The van der Waals surface area contributed by atoms with Crippen LogP contribution in [-0.2, 0) is 19.5 Å². The molecule has 0 saturated heterocycles. The molecular formula is C35H69N2+. The third kappa shape index (κ3) is 19.9. The van der Waals surface area contributed by atoms with E-state index in [4.69, 9.17) is 0 Å². The molecular weight excluding hydrogens is 448 g/mol. The fraction of sp³-hybridized carbons (Fsp3) is 0.914. The second-order valence-electron chi connectivity index (χ2n) is 12.0. The molecule has 0 unspecified atom stereocenters. The first-order valence-corrected chi connectivity index (χ1v) is 17.4. The molecule has 0 amide bonds. The summed E-state index contributed by atoms with van der Waals surface area (Å²) in [7, 11) is 0. The second-order valence-corrected chi connectivity index (χ2v) is 12.0. The van der Waals surface area contributed by atoms with Gasteiger partial charge in [-0.2, -0.15) is 0 Å². The van der Waals surface area contributed by atoms with Crippen molar-refractivity contribution in [2.75, 3.05) is 0 Å². The van der Waals surface area contributed by atoms with E-state index in [1.165, 1.54) is 186 Å². The Hall–Kier alpha value is -0.790. The van der Waals surface area contributed by atoms with Crippen LogP contribution >= 0.6 is 0 Å². The topological polar surface area (TPSA) is 8.81 Å². The predicted octanol–water partition coefficient (Wildman–Crippen LogP) is 11.5. The van der Waals surface area contributed by atoms with Crippen LogP contribution < -0.4 is 4.57 Å². The second kappa shape index (κ2) is 26.8. The number of hydrogen-bond donors (Lipinski definition) is 0. The number of nitrogens with zero attached hydrogens (tertiary/aromatic N) is 2. The molecule has 1 rings (SSSR count). The van der Waals surface area contributed by atoms with Crippen molar-refractivity contribution in [1.82, 2.24) is 4.57 Å². The maximum Gasteiger partial charge on any atom is 0.256 e. The lowest BCUT2D eigenvalue weighted by Gasteiger charge is -2.07. The van der Waals surface area contributed by atoms with Gasteiger partial charge in [0.15, 0.2) is 0 Å². The van der Waals surface area contributed by atoms with Crippen molar-refractivity contribution in [3.63, 3.8) is 0 Å². The molecule has 0 spiro atoms. The minimum Gasteiger partial charge on any atom is -0.234 e. The summed E-state index contributed by atoms with van der Waals surface area (Å²) < 4.78 is 5.22. The van der Waals surface area contributed by atoms with Gasteiger partial charge in [0.25, 0.3) is 5.82 Å². The molecule has 0 radical (unpaired) electrons. The number of hydrogen-bond acceptors (Lipinski definition) is 0. The molecule has 0 atom stereocenters. The molecule has 0 aliphatic carbocycles. The smallest absolute Gasteiger partial charge is 0.234 e. The van der Waals surface area contributed by atoms with Gasteiger partial charge in [0, 0.05) is 6.42 Å². The molecule has 218 valence electrons. The Morgan fingerprint density at radius 2 is 0.838 bits per heavy atom. The highest BCUT2D eigenvalue weighted by Gasteiger charge is 2.16. The first kappa shape index (κ1) is 34.2. The Kier molecular flexibility index (Phi) is 24.8. The predicted molar refractivity (Wildman–Crippen MR) is 165 cm³/mol. The number of rotatable bonds is 29. The lowest BCUT2D eigenvalue weighted by molar-refractivity contribution is -0.704. The minimum atomic E-state index is 1.22. The number of aromatic nitrogens is 2. The molecule has 2 nitrogen and oxygen atoms in total. The van der Waals surface area contributed by atoms with Crippen LogP contribution in [0, 0.1) is 0 Å². The summed E-state index contributed by atoms with van der Waals surface area (Å²) in [5.74, 6) is 1.61. The lowest BCUT2D eigenvalue weighted by Crippen LogP contribution is -2.37. The largest absolute Gasteiger partial charge is 0.256 e. The summed E-state index contributed by atoms with van der Waals surface area (Å²) in [5.41, 5.74) is 0. The van der Waals surface area contributed by atoms with Crippen molar-refractivity contribution in [3.8, 4) is 0 Å². The van der Waals surface area contributed by atoms with Crippen molar-refractivity contribution < 1.29 is 4.57 Å². The normalized spacial score (nSPS) is 11.5. The summed E-state index contributed by atoms with van der Waals surface area (Å²) >= 11 is 0. The average Bonchev–Trinajstić information content (AvgIpc) is 3.29. The van der Waals surface area contributed by atoms with E-state index in [-0.39, 0.29) is 0 Å². The lowest BCUT2D eigenvalue weighted by atomic mass is 10.0. The van der Waals surface area contributed by atoms with Gasteiger partial charge in [-0.15, -0.1) is 0 Å². The fourth-order valence-corrected chi connectivity index (χ4v) is 5.80. The zero-order valence-electron chi connectivity index (χ0n) is 26.1. The van der Waals surface area contributed by atoms with E-state index in [0.717, 1.165) is 0 Å². The Bertz CT molecular complexity index is 576. The van der Waals surface area contributed by atoms with Gasteiger partial charge >= 0.3 is 0 Å². The van der Waals surface area contributed by atoms with Gasteiger partial charge in [-0.1, -0.05) is 156 Å². The van der Waals surface area contributed by atoms with Crippen LogP contribution in [0.25, 0.3) is 0 Å². The van der Waals surface area contributed by atoms with Crippen LogP contribution in [0.3, 0.4) is 0 Å². The fourth-order valence-electron chi connectivity index (χ4n) is 5.80. The van der Waals surface area contributed by atoms with Gasteiger partial charge in [0.1, 0.15) is 12.4 Å². The molecule has 1 heterocycles. The van der Waals surface area contributed by atoms with Crippen molar-refractivity contribution in [3.05, 3.63) is 18.2 Å². The molecule has 0 saturated carbocycles. The number of aryl methyl sites for hydroxylation is 2. The molecule has 37 heavy (non-hydrogen) atoms. The van der Waals surface area contributed by atoms with Crippen LogP contribution in [0.5, 0.6) is 0 Å². The summed E-state index contributed by atoms with van der Waals surface area (Å²) in [4.78, 5) is 0. The van der Waals surface area contributed by atoms with E-state index in [0.29, 0.717) is 0 Å². The first-order chi connectivity index (χ1) is 18.3. The van der Waals surface area contributed by atoms with Crippen LogP contribution in [0.4, 0.5) is 0 Å². The molecule has 0 aliphatic rings. The monoisotopic (exact) mass is 518 g/mol. The molecule has 0 N–H and O–H groups in total. The number of unbranched alkanes of at least 4 members (excludes halogenated alkanes) is 23. The molecule has 0 aromatic carbocycles. The van der Waals surface area contributed by atoms with Crippen molar-refractivity contribution >= 4 is 0 Å². The van der Waals surface area contributed by atoms with E-state index >= 15 is 0 Å². The highest BCUT2D eigenvalue weighted by molar-refractivity contribution is 4.84. The Labute approximate surface area is 234 Å². The van der Waals surface area contributed by atoms with Gasteiger partial charge in [-0.25, -0.2) is 9.13 Å².